The Bertz CT molecular complexity index is 1420. The summed E-state index contributed by atoms with van der Waals surface area (Å²) in [7, 11) is 0. The number of hydrogen-bond donors (Lipinski definition) is 2. The van der Waals surface area contributed by atoms with Gasteiger partial charge >= 0.3 is 0 Å². The van der Waals surface area contributed by atoms with Gasteiger partial charge in [0.25, 0.3) is 0 Å². The van der Waals surface area contributed by atoms with Crippen LogP contribution in [-0.2, 0) is 4.79 Å². The van der Waals surface area contributed by atoms with Crippen LogP contribution in [0.25, 0.3) is 0 Å². The van der Waals surface area contributed by atoms with Crippen molar-refractivity contribution in [1.29, 1.82) is 0 Å². The Labute approximate surface area is 203 Å². The number of furan rings is 1. The van der Waals surface area contributed by atoms with Gasteiger partial charge in [-0.3, -0.25) is 9.59 Å². The van der Waals surface area contributed by atoms with E-state index in [9.17, 15) is 9.59 Å². The van der Waals surface area contributed by atoms with Gasteiger partial charge in [0.1, 0.15) is 11.8 Å². The third-order valence-corrected chi connectivity index (χ3v) is 6.80. The van der Waals surface area contributed by atoms with Crippen LogP contribution >= 0.6 is 0 Å². The average molecular weight is 461 g/mol. The highest BCUT2D eigenvalue weighted by atomic mass is 16.3. The molecular formula is C30H24N2O3. The van der Waals surface area contributed by atoms with E-state index in [1.54, 1.807) is 6.26 Å². The zero-order valence-corrected chi connectivity index (χ0v) is 19.0. The fraction of sp³-hybridized carbons (Fsp3) is 0.133. The average Bonchev–Trinajstić information content (AvgIpc) is 3.38. The molecule has 0 bridgehead atoms. The largest absolute Gasteiger partial charge is 0.467 e. The van der Waals surface area contributed by atoms with Gasteiger partial charge in [-0.05, 0) is 48.2 Å². The summed E-state index contributed by atoms with van der Waals surface area (Å²) in [6.07, 6.45) is 2.76. The van der Waals surface area contributed by atoms with Crippen LogP contribution in [0.15, 0.2) is 113 Å². The van der Waals surface area contributed by atoms with Gasteiger partial charge < -0.3 is 15.1 Å². The van der Waals surface area contributed by atoms with Crippen molar-refractivity contribution in [3.05, 3.63) is 131 Å². The highest BCUT2D eigenvalue weighted by Gasteiger charge is 2.37. The van der Waals surface area contributed by atoms with Crippen molar-refractivity contribution in [2.24, 2.45) is 0 Å². The van der Waals surface area contributed by atoms with Gasteiger partial charge in [0.15, 0.2) is 11.6 Å². The summed E-state index contributed by atoms with van der Waals surface area (Å²) in [6.45, 7) is 0. The van der Waals surface area contributed by atoms with Crippen molar-refractivity contribution in [1.82, 2.24) is 0 Å². The molecule has 1 aliphatic heterocycles. The summed E-state index contributed by atoms with van der Waals surface area (Å²) in [6, 6.07) is 28.3. The van der Waals surface area contributed by atoms with Crippen molar-refractivity contribution < 1.29 is 14.0 Å². The Morgan fingerprint density at radius 3 is 2.31 bits per heavy atom. The maximum absolute atomic E-state index is 13.5. The van der Waals surface area contributed by atoms with Gasteiger partial charge in [-0.25, -0.2) is 0 Å². The summed E-state index contributed by atoms with van der Waals surface area (Å²) in [4.78, 5) is 26.7. The summed E-state index contributed by atoms with van der Waals surface area (Å²) >= 11 is 0. The van der Waals surface area contributed by atoms with Gasteiger partial charge in [-0.1, -0.05) is 60.7 Å². The zero-order chi connectivity index (χ0) is 23.8. The molecule has 2 heterocycles. The molecule has 1 aliphatic carbocycles. The van der Waals surface area contributed by atoms with Crippen LogP contribution in [0.4, 0.5) is 11.4 Å². The molecule has 2 N–H and O–H groups in total. The monoisotopic (exact) mass is 460 g/mol. The molecular weight excluding hydrogens is 436 g/mol. The molecule has 0 spiro atoms. The second-order valence-corrected chi connectivity index (χ2v) is 9.00. The lowest BCUT2D eigenvalue weighted by Crippen LogP contribution is -2.26. The van der Waals surface area contributed by atoms with Crippen LogP contribution in [-0.4, -0.2) is 11.6 Å². The molecule has 2 aliphatic rings. The quantitative estimate of drug-likeness (QED) is 0.341. The number of nitrogens with one attached hydrogen (secondary N) is 2. The highest BCUT2D eigenvalue weighted by Crippen LogP contribution is 2.44. The number of rotatable bonds is 4. The molecule has 0 amide bonds. The van der Waals surface area contributed by atoms with Crippen molar-refractivity contribution in [3.8, 4) is 0 Å². The molecule has 5 nitrogen and oxygen atoms in total. The third kappa shape index (κ3) is 3.95. The molecule has 0 fully saturated rings. The molecule has 2 atom stereocenters. The standard InChI is InChI=1S/C30H24N2O3/c33-26-18-22(19-8-3-1-4-9-19)17-25-28(26)29(27-12-7-15-35-27)32-23-14-13-21(16-24(23)31-25)30(34)20-10-5-2-6-11-20/h1-16,22,29,31-32H,17-18H2. The van der Waals surface area contributed by atoms with Crippen molar-refractivity contribution >= 4 is 22.9 Å². The Hall–Kier alpha value is -4.38. The number of allylic oxidation sites excluding steroid dienone is 1. The Kier molecular flexibility index (Phi) is 5.30. The predicted molar refractivity (Wildman–Crippen MR) is 135 cm³/mol. The van der Waals surface area contributed by atoms with Crippen LogP contribution in [0, 0.1) is 0 Å². The van der Waals surface area contributed by atoms with Gasteiger partial charge in [0.05, 0.1) is 17.6 Å². The minimum Gasteiger partial charge on any atom is -0.467 e. The van der Waals surface area contributed by atoms with Gasteiger partial charge in [0.2, 0.25) is 0 Å². The normalized spacial score (nSPS) is 19.1. The number of anilines is 2. The van der Waals surface area contributed by atoms with E-state index >= 15 is 0 Å². The van der Waals surface area contributed by atoms with E-state index < -0.39 is 6.04 Å². The number of Topliss-reactive ketones (excluding diaryl/α,β-unsaturated/α-hetero) is 1. The lowest BCUT2D eigenvalue weighted by molar-refractivity contribution is -0.116. The lowest BCUT2D eigenvalue weighted by atomic mass is 9.79. The van der Waals surface area contributed by atoms with Crippen LogP contribution in [0.2, 0.25) is 0 Å². The first-order chi connectivity index (χ1) is 17.2. The minimum atomic E-state index is -0.409. The zero-order valence-electron chi connectivity index (χ0n) is 19.0. The van der Waals surface area contributed by atoms with Gasteiger partial charge in [-0.15, -0.1) is 0 Å². The topological polar surface area (TPSA) is 71.3 Å². The second kappa shape index (κ2) is 8.76. The molecule has 172 valence electrons. The predicted octanol–water partition coefficient (Wildman–Crippen LogP) is 6.49. The number of carbonyl (C=O) groups excluding carboxylic acids is 2. The second-order valence-electron chi connectivity index (χ2n) is 9.00. The summed E-state index contributed by atoms with van der Waals surface area (Å²) in [5.41, 5.74) is 5.52. The van der Waals surface area contributed by atoms with Crippen LogP contribution < -0.4 is 10.6 Å². The van der Waals surface area contributed by atoms with Crippen LogP contribution in [0.1, 0.15) is 52.0 Å². The molecule has 0 saturated carbocycles. The van der Waals surface area contributed by atoms with E-state index in [0.717, 1.165) is 22.6 Å². The van der Waals surface area contributed by atoms with Gasteiger partial charge in [0, 0.05) is 28.8 Å². The summed E-state index contributed by atoms with van der Waals surface area (Å²) in [5.74, 6) is 0.819. The van der Waals surface area contributed by atoms with E-state index in [0.29, 0.717) is 35.3 Å². The Balaban J connectivity index is 1.42. The maximum atomic E-state index is 13.5. The van der Waals surface area contributed by atoms with E-state index in [1.807, 2.05) is 78.9 Å². The van der Waals surface area contributed by atoms with Gasteiger partial charge in [-0.2, -0.15) is 0 Å². The third-order valence-electron chi connectivity index (χ3n) is 6.80. The molecule has 6 rings (SSSR count). The minimum absolute atomic E-state index is 0.0434. The molecule has 1 aromatic heterocycles. The first-order valence-electron chi connectivity index (χ1n) is 11.8. The number of carbonyl (C=O) groups is 2. The number of ketones is 2. The molecule has 0 radical (unpaired) electrons. The number of hydrogen-bond acceptors (Lipinski definition) is 5. The van der Waals surface area contributed by atoms with E-state index in [4.69, 9.17) is 4.42 Å². The fourth-order valence-electron chi connectivity index (χ4n) is 5.08. The van der Waals surface area contributed by atoms with Crippen molar-refractivity contribution in [3.63, 3.8) is 0 Å². The molecule has 2 unspecified atom stereocenters. The molecule has 3 aromatic carbocycles. The van der Waals surface area contributed by atoms with E-state index in [-0.39, 0.29) is 17.5 Å². The van der Waals surface area contributed by atoms with Crippen LogP contribution in [0.3, 0.4) is 0 Å². The lowest BCUT2D eigenvalue weighted by Gasteiger charge is -2.29. The van der Waals surface area contributed by atoms with Crippen molar-refractivity contribution in [2.45, 2.75) is 24.8 Å². The number of fused-ring (bicyclic) bond motifs is 1. The smallest absolute Gasteiger partial charge is 0.193 e. The molecule has 5 heteroatoms. The Morgan fingerprint density at radius 2 is 1.57 bits per heavy atom. The molecule has 4 aromatic rings. The summed E-state index contributed by atoms with van der Waals surface area (Å²) < 4.78 is 5.74. The molecule has 35 heavy (non-hydrogen) atoms. The maximum Gasteiger partial charge on any atom is 0.193 e. The fourth-order valence-corrected chi connectivity index (χ4v) is 5.08. The van der Waals surface area contributed by atoms with E-state index in [2.05, 4.69) is 22.8 Å². The first-order valence-corrected chi connectivity index (χ1v) is 11.8. The van der Waals surface area contributed by atoms with Crippen LogP contribution in [0.5, 0.6) is 0 Å². The van der Waals surface area contributed by atoms with Crippen molar-refractivity contribution in [2.75, 3.05) is 10.6 Å². The molecule has 0 saturated heterocycles. The SMILES string of the molecule is O=C1CC(c2ccccc2)CC2=C1C(c1ccco1)Nc1ccc(C(=O)c3ccccc3)cc1N2. The first kappa shape index (κ1) is 21.2. The Morgan fingerprint density at radius 1 is 0.800 bits per heavy atom. The summed E-state index contributed by atoms with van der Waals surface area (Å²) in [5, 5.41) is 7.04. The van der Waals surface area contributed by atoms with E-state index in [1.165, 1.54) is 0 Å². The number of benzene rings is 3. The highest BCUT2D eigenvalue weighted by molar-refractivity contribution is 6.10.